The van der Waals surface area contributed by atoms with Gasteiger partial charge in [0.2, 0.25) is 5.76 Å². The van der Waals surface area contributed by atoms with Crippen LogP contribution in [0.4, 0.5) is 5.69 Å². The molecule has 3 rings (SSSR count). The van der Waals surface area contributed by atoms with E-state index < -0.39 is 0 Å². The molecular formula is C24H34Cl2N4O2. The third kappa shape index (κ3) is 5.77. The highest BCUT2D eigenvalue weighted by atomic mass is 35.5. The van der Waals surface area contributed by atoms with Gasteiger partial charge in [0.1, 0.15) is 0 Å². The maximum atomic E-state index is 13.2. The molecule has 2 heterocycles. The normalized spacial score (nSPS) is 15.4. The summed E-state index contributed by atoms with van der Waals surface area (Å²) in [6.07, 6.45) is 2.28. The van der Waals surface area contributed by atoms with Crippen LogP contribution in [0.3, 0.4) is 0 Å². The molecule has 1 aromatic carbocycles. The van der Waals surface area contributed by atoms with E-state index in [0.29, 0.717) is 28.0 Å². The van der Waals surface area contributed by atoms with Crippen molar-refractivity contribution in [3.8, 4) is 0 Å². The molecule has 0 atom stereocenters. The van der Waals surface area contributed by atoms with Gasteiger partial charge in [0, 0.05) is 44.2 Å². The highest BCUT2D eigenvalue weighted by Crippen LogP contribution is 2.33. The van der Waals surface area contributed by atoms with Crippen molar-refractivity contribution >= 4 is 34.8 Å². The molecule has 0 unspecified atom stereocenters. The summed E-state index contributed by atoms with van der Waals surface area (Å²) in [5.41, 5.74) is 1.47. The lowest BCUT2D eigenvalue weighted by molar-refractivity contribution is 0.0659. The molecule has 1 amide bonds. The van der Waals surface area contributed by atoms with E-state index in [9.17, 15) is 4.79 Å². The van der Waals surface area contributed by atoms with E-state index in [1.807, 2.05) is 57.7 Å². The number of amides is 1. The van der Waals surface area contributed by atoms with Crippen molar-refractivity contribution in [3.05, 3.63) is 46.1 Å². The van der Waals surface area contributed by atoms with E-state index in [2.05, 4.69) is 14.8 Å². The van der Waals surface area contributed by atoms with Gasteiger partial charge in [0.15, 0.2) is 6.39 Å². The van der Waals surface area contributed by atoms with Crippen LogP contribution in [0.2, 0.25) is 10.0 Å². The summed E-state index contributed by atoms with van der Waals surface area (Å²) in [4.78, 5) is 24.1. The number of nitrogens with zero attached hydrogens (tertiary/aromatic N) is 4. The Morgan fingerprint density at radius 1 is 1.19 bits per heavy atom. The maximum Gasteiger partial charge on any atom is 0.291 e. The second-order valence-corrected chi connectivity index (χ2v) is 10.4. The summed E-state index contributed by atoms with van der Waals surface area (Å²) in [7, 11) is 0. The standard InChI is InChI=1S/C24H34Cl2N4O2/c1-17(2)30(23(31)21-22(24(3,4)5)27-16-32-21)11-7-10-28-12-14-29(15-13-28)19-9-6-8-18(25)20(19)26/h6,8-9,16-17H,7,10-15H2,1-5H3. The number of halogens is 2. The predicted octanol–water partition coefficient (Wildman–Crippen LogP) is 5.34. The first-order valence-electron chi connectivity index (χ1n) is 11.3. The average Bonchev–Trinajstić information content (AvgIpc) is 3.24. The van der Waals surface area contributed by atoms with Gasteiger partial charge < -0.3 is 14.2 Å². The van der Waals surface area contributed by atoms with Crippen molar-refractivity contribution in [1.82, 2.24) is 14.8 Å². The van der Waals surface area contributed by atoms with Gasteiger partial charge in [0.25, 0.3) is 5.91 Å². The van der Waals surface area contributed by atoms with E-state index in [1.54, 1.807) is 0 Å². The molecule has 0 aliphatic carbocycles. The number of carbonyl (C=O) groups is 1. The summed E-state index contributed by atoms with van der Waals surface area (Å²) >= 11 is 12.6. The zero-order valence-electron chi connectivity index (χ0n) is 19.7. The zero-order valence-corrected chi connectivity index (χ0v) is 21.2. The molecular weight excluding hydrogens is 447 g/mol. The highest BCUT2D eigenvalue weighted by Gasteiger charge is 2.30. The second-order valence-electron chi connectivity index (χ2n) is 9.63. The zero-order chi connectivity index (χ0) is 23.5. The Labute approximate surface area is 201 Å². The molecule has 1 aliphatic rings. The maximum absolute atomic E-state index is 13.2. The summed E-state index contributed by atoms with van der Waals surface area (Å²) in [6.45, 7) is 15.5. The number of aromatic nitrogens is 1. The molecule has 8 heteroatoms. The van der Waals surface area contributed by atoms with Crippen LogP contribution in [0, 0.1) is 0 Å². The van der Waals surface area contributed by atoms with Crippen molar-refractivity contribution in [2.45, 2.75) is 52.5 Å². The van der Waals surface area contributed by atoms with Crippen molar-refractivity contribution in [1.29, 1.82) is 0 Å². The van der Waals surface area contributed by atoms with Crippen LogP contribution in [-0.4, -0.2) is 66.0 Å². The van der Waals surface area contributed by atoms with Crippen molar-refractivity contribution < 1.29 is 9.21 Å². The fourth-order valence-corrected chi connectivity index (χ4v) is 4.49. The third-order valence-electron chi connectivity index (χ3n) is 5.87. The number of rotatable bonds is 7. The van der Waals surface area contributed by atoms with Crippen LogP contribution < -0.4 is 4.90 Å². The molecule has 1 fully saturated rings. The molecule has 0 spiro atoms. The summed E-state index contributed by atoms with van der Waals surface area (Å²) < 4.78 is 5.51. The van der Waals surface area contributed by atoms with Crippen molar-refractivity contribution in [2.24, 2.45) is 0 Å². The highest BCUT2D eigenvalue weighted by molar-refractivity contribution is 6.43. The molecule has 1 aromatic heterocycles. The van der Waals surface area contributed by atoms with Gasteiger partial charge in [-0.3, -0.25) is 9.69 Å². The Morgan fingerprint density at radius 3 is 2.50 bits per heavy atom. The molecule has 176 valence electrons. The Morgan fingerprint density at radius 2 is 1.88 bits per heavy atom. The lowest BCUT2D eigenvalue weighted by Gasteiger charge is -2.37. The van der Waals surface area contributed by atoms with Gasteiger partial charge >= 0.3 is 0 Å². The fourth-order valence-electron chi connectivity index (χ4n) is 4.07. The quantitative estimate of drug-likeness (QED) is 0.534. The van der Waals surface area contributed by atoms with E-state index in [4.69, 9.17) is 27.6 Å². The largest absolute Gasteiger partial charge is 0.438 e. The van der Waals surface area contributed by atoms with Crippen LogP contribution in [0.1, 0.15) is 57.3 Å². The van der Waals surface area contributed by atoms with Gasteiger partial charge in [-0.05, 0) is 38.9 Å². The Hall–Kier alpha value is -1.76. The summed E-state index contributed by atoms with van der Waals surface area (Å²) in [6, 6.07) is 5.86. The topological polar surface area (TPSA) is 52.8 Å². The average molecular weight is 481 g/mol. The van der Waals surface area contributed by atoms with Crippen LogP contribution in [0.15, 0.2) is 29.0 Å². The summed E-state index contributed by atoms with van der Waals surface area (Å²) in [5, 5.41) is 1.21. The third-order valence-corrected chi connectivity index (χ3v) is 6.68. The molecule has 6 nitrogen and oxygen atoms in total. The van der Waals surface area contributed by atoms with Gasteiger partial charge in [-0.2, -0.15) is 0 Å². The lowest BCUT2D eigenvalue weighted by Crippen LogP contribution is -2.47. The smallest absolute Gasteiger partial charge is 0.291 e. The molecule has 32 heavy (non-hydrogen) atoms. The second kappa shape index (κ2) is 10.4. The number of hydrogen-bond acceptors (Lipinski definition) is 5. The molecule has 1 saturated heterocycles. The number of carbonyl (C=O) groups excluding carboxylic acids is 1. The minimum Gasteiger partial charge on any atom is -0.438 e. The first kappa shape index (κ1) is 24.9. The molecule has 0 saturated carbocycles. The van der Waals surface area contributed by atoms with Gasteiger partial charge in [-0.1, -0.05) is 50.0 Å². The number of anilines is 1. The van der Waals surface area contributed by atoms with Gasteiger partial charge in [-0.25, -0.2) is 4.98 Å². The van der Waals surface area contributed by atoms with Crippen LogP contribution in [-0.2, 0) is 5.41 Å². The first-order chi connectivity index (χ1) is 15.1. The SMILES string of the molecule is CC(C)N(CCCN1CCN(c2cccc(Cl)c2Cl)CC1)C(=O)c1ocnc1C(C)(C)C. The van der Waals surface area contributed by atoms with Gasteiger partial charge in [0.05, 0.1) is 21.4 Å². The number of piperazine rings is 1. The van der Waals surface area contributed by atoms with E-state index in [-0.39, 0.29) is 17.4 Å². The molecule has 0 radical (unpaired) electrons. The molecule has 0 N–H and O–H groups in total. The fraction of sp³-hybridized carbons (Fsp3) is 0.583. The van der Waals surface area contributed by atoms with E-state index >= 15 is 0 Å². The lowest BCUT2D eigenvalue weighted by atomic mass is 9.90. The van der Waals surface area contributed by atoms with Crippen LogP contribution in [0.25, 0.3) is 0 Å². The van der Waals surface area contributed by atoms with Crippen LogP contribution >= 0.6 is 23.2 Å². The van der Waals surface area contributed by atoms with Gasteiger partial charge in [-0.15, -0.1) is 0 Å². The number of benzene rings is 1. The summed E-state index contributed by atoms with van der Waals surface area (Å²) in [5.74, 6) is 0.279. The van der Waals surface area contributed by atoms with Crippen LogP contribution in [0.5, 0.6) is 0 Å². The Bertz CT molecular complexity index is 915. The minimum absolute atomic E-state index is 0.0807. The molecule has 2 aromatic rings. The Kier molecular flexibility index (Phi) is 8.12. The minimum atomic E-state index is -0.244. The monoisotopic (exact) mass is 480 g/mol. The van der Waals surface area contributed by atoms with Crippen molar-refractivity contribution in [2.75, 3.05) is 44.2 Å². The number of oxazole rings is 1. The van der Waals surface area contributed by atoms with Crippen molar-refractivity contribution in [3.63, 3.8) is 0 Å². The van der Waals surface area contributed by atoms with E-state index in [1.165, 1.54) is 6.39 Å². The number of hydrogen-bond donors (Lipinski definition) is 0. The predicted molar refractivity (Wildman–Crippen MR) is 131 cm³/mol. The van der Waals surface area contributed by atoms with E-state index in [0.717, 1.165) is 44.8 Å². The molecule has 0 bridgehead atoms. The first-order valence-corrected chi connectivity index (χ1v) is 12.0. The Balaban J connectivity index is 1.53. The molecule has 1 aliphatic heterocycles.